The highest BCUT2D eigenvalue weighted by Crippen LogP contribution is 2.21. The fourth-order valence-electron chi connectivity index (χ4n) is 2.98. The number of carbonyl (C=O) groups excluding carboxylic acids is 1. The van der Waals surface area contributed by atoms with Gasteiger partial charge in [0, 0.05) is 39.9 Å². The Bertz CT molecular complexity index is 1310. The van der Waals surface area contributed by atoms with E-state index in [9.17, 15) is 9.59 Å². The van der Waals surface area contributed by atoms with Crippen LogP contribution in [0.5, 0.6) is 0 Å². The molecule has 4 rings (SSSR count). The van der Waals surface area contributed by atoms with E-state index < -0.39 is 5.63 Å². The zero-order valence-corrected chi connectivity index (χ0v) is 15.7. The van der Waals surface area contributed by atoms with E-state index in [1.807, 2.05) is 55.5 Å². The summed E-state index contributed by atoms with van der Waals surface area (Å²) in [5.74, 6) is 5.92. The van der Waals surface area contributed by atoms with Gasteiger partial charge in [0.05, 0.1) is 0 Å². The molecule has 0 radical (unpaired) electrons. The molecule has 1 aromatic heterocycles. The summed E-state index contributed by atoms with van der Waals surface area (Å²) in [7, 11) is 0. The van der Waals surface area contributed by atoms with Crippen molar-refractivity contribution in [2.75, 3.05) is 5.32 Å². The van der Waals surface area contributed by atoms with Gasteiger partial charge in [0.25, 0.3) is 5.91 Å². The lowest BCUT2D eigenvalue weighted by molar-refractivity contribution is 0.102. The van der Waals surface area contributed by atoms with Crippen LogP contribution in [0.1, 0.15) is 27.0 Å². The van der Waals surface area contributed by atoms with Gasteiger partial charge in [-0.2, -0.15) is 0 Å². The van der Waals surface area contributed by atoms with Gasteiger partial charge >= 0.3 is 5.63 Å². The molecule has 0 atom stereocenters. The van der Waals surface area contributed by atoms with E-state index in [1.165, 1.54) is 6.07 Å². The van der Waals surface area contributed by atoms with Crippen LogP contribution in [0.4, 0.5) is 5.69 Å². The molecule has 1 amide bonds. The first-order valence-corrected chi connectivity index (χ1v) is 9.11. The third-order valence-corrected chi connectivity index (χ3v) is 4.48. The fourth-order valence-corrected chi connectivity index (χ4v) is 2.98. The third-order valence-electron chi connectivity index (χ3n) is 4.48. The molecule has 4 heteroatoms. The van der Waals surface area contributed by atoms with Crippen LogP contribution in [0.2, 0.25) is 0 Å². The summed E-state index contributed by atoms with van der Waals surface area (Å²) in [5, 5.41) is 3.67. The summed E-state index contributed by atoms with van der Waals surface area (Å²) in [6.07, 6.45) is 0. The van der Waals surface area contributed by atoms with Crippen molar-refractivity contribution >= 4 is 22.6 Å². The lowest BCUT2D eigenvalue weighted by Gasteiger charge is -2.07. The molecule has 140 valence electrons. The molecule has 0 unspecified atom stereocenters. The van der Waals surface area contributed by atoms with Crippen molar-refractivity contribution in [1.29, 1.82) is 0 Å². The molecule has 0 aliphatic carbocycles. The standard InChI is InChI=1S/C25H17NO3/c1-17-15-24(27)29-23-16-21(13-14-22(17)23)26-25(28)20-11-9-19(10-12-20)8-7-18-5-3-2-4-6-18/h2-6,9-16H,1H3,(H,26,28). The minimum absolute atomic E-state index is 0.248. The van der Waals surface area contributed by atoms with Crippen LogP contribution >= 0.6 is 0 Å². The highest BCUT2D eigenvalue weighted by atomic mass is 16.4. The number of anilines is 1. The molecular formula is C25H17NO3. The maximum absolute atomic E-state index is 12.5. The second-order valence-electron chi connectivity index (χ2n) is 6.61. The maximum Gasteiger partial charge on any atom is 0.336 e. The Morgan fingerprint density at radius 2 is 1.55 bits per heavy atom. The summed E-state index contributed by atoms with van der Waals surface area (Å²) in [6, 6.07) is 23.5. The van der Waals surface area contributed by atoms with Gasteiger partial charge in [-0.1, -0.05) is 30.0 Å². The van der Waals surface area contributed by atoms with Gasteiger partial charge in [0.15, 0.2) is 0 Å². The molecular weight excluding hydrogens is 362 g/mol. The van der Waals surface area contributed by atoms with Crippen molar-refractivity contribution in [3.63, 3.8) is 0 Å². The Kier molecular flexibility index (Phi) is 4.96. The average Bonchev–Trinajstić information content (AvgIpc) is 2.73. The van der Waals surface area contributed by atoms with Crippen LogP contribution in [0.3, 0.4) is 0 Å². The SMILES string of the molecule is Cc1cc(=O)oc2cc(NC(=O)c3ccc(C#Cc4ccccc4)cc3)ccc12. The number of nitrogens with one attached hydrogen (secondary N) is 1. The first-order chi connectivity index (χ1) is 14.1. The molecule has 0 saturated carbocycles. The van der Waals surface area contributed by atoms with E-state index in [1.54, 1.807) is 24.3 Å². The maximum atomic E-state index is 12.5. The number of carbonyl (C=O) groups is 1. The van der Waals surface area contributed by atoms with Crippen molar-refractivity contribution in [3.05, 3.63) is 112 Å². The molecule has 1 N–H and O–H groups in total. The molecule has 0 fully saturated rings. The highest BCUT2D eigenvalue weighted by molar-refractivity contribution is 6.05. The van der Waals surface area contributed by atoms with Crippen molar-refractivity contribution < 1.29 is 9.21 Å². The molecule has 3 aromatic carbocycles. The Hall–Kier alpha value is -4.10. The van der Waals surface area contributed by atoms with Crippen LogP contribution in [0, 0.1) is 18.8 Å². The second kappa shape index (κ2) is 7.87. The van der Waals surface area contributed by atoms with Crippen LogP contribution in [-0.4, -0.2) is 5.91 Å². The molecule has 0 aliphatic rings. The monoisotopic (exact) mass is 379 g/mol. The predicted molar refractivity (Wildman–Crippen MR) is 114 cm³/mol. The van der Waals surface area contributed by atoms with Crippen LogP contribution in [0.25, 0.3) is 11.0 Å². The van der Waals surface area contributed by atoms with Gasteiger partial charge in [-0.3, -0.25) is 4.79 Å². The zero-order valence-electron chi connectivity index (χ0n) is 15.7. The van der Waals surface area contributed by atoms with Gasteiger partial charge < -0.3 is 9.73 Å². The largest absolute Gasteiger partial charge is 0.423 e. The van der Waals surface area contributed by atoms with Gasteiger partial charge in [-0.15, -0.1) is 0 Å². The summed E-state index contributed by atoms with van der Waals surface area (Å²) in [4.78, 5) is 24.1. The minimum atomic E-state index is -0.411. The molecule has 4 nitrogen and oxygen atoms in total. The summed E-state index contributed by atoms with van der Waals surface area (Å²) in [5.41, 5.74) is 3.71. The molecule has 29 heavy (non-hydrogen) atoms. The molecule has 0 spiro atoms. The lowest BCUT2D eigenvalue weighted by atomic mass is 10.1. The van der Waals surface area contributed by atoms with Crippen molar-refractivity contribution in [2.45, 2.75) is 6.92 Å². The van der Waals surface area contributed by atoms with Gasteiger partial charge in [0.2, 0.25) is 0 Å². The molecule has 0 saturated heterocycles. The Labute approximate surface area is 167 Å². The van der Waals surface area contributed by atoms with Crippen molar-refractivity contribution in [2.24, 2.45) is 0 Å². The van der Waals surface area contributed by atoms with Gasteiger partial charge in [-0.05, 0) is 61.0 Å². The summed E-state index contributed by atoms with van der Waals surface area (Å²) >= 11 is 0. The van der Waals surface area contributed by atoms with Crippen molar-refractivity contribution in [1.82, 2.24) is 0 Å². The quantitative estimate of drug-likeness (QED) is 0.404. The smallest absolute Gasteiger partial charge is 0.336 e. The normalized spacial score (nSPS) is 10.2. The second-order valence-corrected chi connectivity index (χ2v) is 6.61. The first kappa shape index (κ1) is 18.3. The summed E-state index contributed by atoms with van der Waals surface area (Å²) in [6.45, 7) is 1.85. The number of benzene rings is 3. The van der Waals surface area contributed by atoms with Crippen molar-refractivity contribution in [3.8, 4) is 11.8 Å². The Morgan fingerprint density at radius 1 is 0.862 bits per heavy atom. The zero-order chi connectivity index (χ0) is 20.2. The number of rotatable bonds is 2. The average molecular weight is 379 g/mol. The predicted octanol–water partition coefficient (Wildman–Crippen LogP) is 4.75. The minimum Gasteiger partial charge on any atom is -0.423 e. The van der Waals surface area contributed by atoms with Crippen LogP contribution in [0.15, 0.2) is 88.1 Å². The van der Waals surface area contributed by atoms with Gasteiger partial charge in [0.1, 0.15) is 5.58 Å². The molecule has 0 bridgehead atoms. The molecule has 1 heterocycles. The number of hydrogen-bond acceptors (Lipinski definition) is 3. The molecule has 0 aliphatic heterocycles. The fraction of sp³-hybridized carbons (Fsp3) is 0.0400. The number of amides is 1. The van der Waals surface area contributed by atoms with E-state index >= 15 is 0 Å². The highest BCUT2D eigenvalue weighted by Gasteiger charge is 2.08. The van der Waals surface area contributed by atoms with E-state index in [-0.39, 0.29) is 5.91 Å². The van der Waals surface area contributed by atoms with Crippen LogP contribution in [-0.2, 0) is 0 Å². The third kappa shape index (κ3) is 4.26. The van der Waals surface area contributed by atoms with E-state index in [2.05, 4.69) is 17.2 Å². The number of hydrogen-bond donors (Lipinski definition) is 1. The topological polar surface area (TPSA) is 59.3 Å². The van der Waals surface area contributed by atoms with Crippen LogP contribution < -0.4 is 10.9 Å². The van der Waals surface area contributed by atoms with Gasteiger partial charge in [-0.25, -0.2) is 4.79 Å². The van der Waals surface area contributed by atoms with E-state index in [4.69, 9.17) is 4.42 Å². The number of fused-ring (bicyclic) bond motifs is 1. The van der Waals surface area contributed by atoms with E-state index in [0.29, 0.717) is 16.8 Å². The Morgan fingerprint density at radius 3 is 2.28 bits per heavy atom. The number of aryl methyl sites for hydroxylation is 1. The molecule has 4 aromatic rings. The lowest BCUT2D eigenvalue weighted by Crippen LogP contribution is -2.11. The summed E-state index contributed by atoms with van der Waals surface area (Å²) < 4.78 is 5.23. The van der Waals surface area contributed by atoms with E-state index in [0.717, 1.165) is 22.1 Å². The first-order valence-electron chi connectivity index (χ1n) is 9.11. The Balaban J connectivity index is 1.51.